The van der Waals surface area contributed by atoms with Gasteiger partial charge in [-0.2, -0.15) is 0 Å². The van der Waals surface area contributed by atoms with Gasteiger partial charge in [-0.25, -0.2) is 0 Å². The summed E-state index contributed by atoms with van der Waals surface area (Å²) < 4.78 is 15.9. The zero-order valence-corrected chi connectivity index (χ0v) is 13.5. The van der Waals surface area contributed by atoms with Gasteiger partial charge in [0.25, 0.3) is 0 Å². The zero-order valence-electron chi connectivity index (χ0n) is 13.5. The van der Waals surface area contributed by atoms with Crippen molar-refractivity contribution in [3.63, 3.8) is 0 Å². The molecule has 0 unspecified atom stereocenters. The maximum absolute atomic E-state index is 10.2. The third-order valence-electron chi connectivity index (χ3n) is 2.62. The number of rotatable bonds is 10. The molecule has 1 aromatic rings. The van der Waals surface area contributed by atoms with Gasteiger partial charge < -0.3 is 19.5 Å². The molecule has 0 saturated heterocycles. The van der Waals surface area contributed by atoms with Gasteiger partial charge in [-0.3, -0.25) is 4.79 Å². The van der Waals surface area contributed by atoms with Crippen molar-refractivity contribution >= 4 is 6.41 Å². The Morgan fingerprint density at radius 3 is 2.52 bits per heavy atom. The number of benzene rings is 1. The smallest absolute Gasteiger partial charge is 0.207 e. The van der Waals surface area contributed by atoms with Gasteiger partial charge >= 0.3 is 0 Å². The molecule has 1 aromatic carbocycles. The summed E-state index contributed by atoms with van der Waals surface area (Å²) in [6.45, 7) is 5.87. The molecule has 0 radical (unpaired) electrons. The summed E-state index contributed by atoms with van der Waals surface area (Å²) in [5.74, 6) is 1.44. The second-order valence-electron chi connectivity index (χ2n) is 4.00. The van der Waals surface area contributed by atoms with Crippen LogP contribution < -0.4 is 14.8 Å². The van der Waals surface area contributed by atoms with Crippen molar-refractivity contribution < 1.29 is 19.0 Å². The second-order valence-corrected chi connectivity index (χ2v) is 4.00. The van der Waals surface area contributed by atoms with Gasteiger partial charge in [0.05, 0.1) is 13.7 Å². The maximum Gasteiger partial charge on any atom is 0.207 e. The van der Waals surface area contributed by atoms with Crippen LogP contribution in [-0.4, -0.2) is 40.4 Å². The lowest BCUT2D eigenvalue weighted by Crippen LogP contribution is -2.14. The molecule has 0 aliphatic carbocycles. The second kappa shape index (κ2) is 13.2. The highest BCUT2D eigenvalue weighted by molar-refractivity contribution is 5.46. The third-order valence-corrected chi connectivity index (χ3v) is 2.62. The normalized spacial score (nSPS) is 9.33. The Labute approximate surface area is 127 Å². The topological polar surface area (TPSA) is 56.8 Å². The molecule has 0 aliphatic heterocycles. The van der Waals surface area contributed by atoms with Gasteiger partial charge in [-0.15, -0.1) is 0 Å². The Bertz CT molecular complexity index is 383. The Morgan fingerprint density at radius 2 is 1.90 bits per heavy atom. The SMILES string of the molecule is CC.COCCCOc1cc(CCNC=O)ccc1OC. The molecule has 0 aliphatic rings. The number of carbonyl (C=O) groups excluding carboxylic acids is 1. The summed E-state index contributed by atoms with van der Waals surface area (Å²) in [7, 11) is 3.28. The highest BCUT2D eigenvalue weighted by Gasteiger charge is 2.05. The first-order chi connectivity index (χ1) is 10.3. The Kier molecular flexibility index (Phi) is 12.1. The van der Waals surface area contributed by atoms with Gasteiger partial charge in [-0.1, -0.05) is 19.9 Å². The number of hydrogen-bond acceptors (Lipinski definition) is 4. The number of ether oxygens (including phenoxy) is 3. The van der Waals surface area contributed by atoms with Gasteiger partial charge in [0.2, 0.25) is 6.41 Å². The molecule has 5 nitrogen and oxygen atoms in total. The number of amides is 1. The van der Waals surface area contributed by atoms with E-state index in [1.54, 1.807) is 14.2 Å². The fourth-order valence-corrected chi connectivity index (χ4v) is 1.65. The average molecular weight is 297 g/mol. The Balaban J connectivity index is 0.00000191. The van der Waals surface area contributed by atoms with E-state index in [0.29, 0.717) is 31.9 Å². The van der Waals surface area contributed by atoms with Crippen molar-refractivity contribution in [1.82, 2.24) is 5.32 Å². The van der Waals surface area contributed by atoms with Crippen LogP contribution in [0.3, 0.4) is 0 Å². The molecular formula is C16H27NO4. The van der Waals surface area contributed by atoms with E-state index in [0.717, 1.165) is 24.2 Å². The lowest BCUT2D eigenvalue weighted by molar-refractivity contribution is -0.109. The first kappa shape index (κ1) is 19.2. The Morgan fingerprint density at radius 1 is 1.14 bits per heavy atom. The molecule has 0 heterocycles. The molecule has 0 spiro atoms. The van der Waals surface area contributed by atoms with Crippen LogP contribution in [0.15, 0.2) is 18.2 Å². The molecule has 0 aromatic heterocycles. The molecule has 0 saturated carbocycles. The number of methoxy groups -OCH3 is 2. The molecule has 1 N–H and O–H groups in total. The molecule has 21 heavy (non-hydrogen) atoms. The van der Waals surface area contributed by atoms with E-state index in [-0.39, 0.29) is 0 Å². The number of carbonyl (C=O) groups is 1. The van der Waals surface area contributed by atoms with Crippen molar-refractivity contribution in [2.75, 3.05) is 34.0 Å². The highest BCUT2D eigenvalue weighted by Crippen LogP contribution is 2.28. The summed E-state index contributed by atoms with van der Waals surface area (Å²) >= 11 is 0. The zero-order chi connectivity index (χ0) is 15.9. The quantitative estimate of drug-likeness (QED) is 0.532. The average Bonchev–Trinajstić information content (AvgIpc) is 2.54. The van der Waals surface area contributed by atoms with Crippen LogP contribution in [0.2, 0.25) is 0 Å². The molecule has 5 heteroatoms. The minimum Gasteiger partial charge on any atom is -0.493 e. The molecule has 0 fully saturated rings. The monoisotopic (exact) mass is 297 g/mol. The molecule has 0 bridgehead atoms. The van der Waals surface area contributed by atoms with E-state index in [9.17, 15) is 4.79 Å². The maximum atomic E-state index is 10.2. The van der Waals surface area contributed by atoms with Crippen LogP contribution in [0, 0.1) is 0 Å². The van der Waals surface area contributed by atoms with Crippen molar-refractivity contribution in [3.05, 3.63) is 23.8 Å². The summed E-state index contributed by atoms with van der Waals surface area (Å²) in [5.41, 5.74) is 1.09. The minimum atomic E-state index is 0.584. The fraction of sp³-hybridized carbons (Fsp3) is 0.562. The summed E-state index contributed by atoms with van der Waals surface area (Å²) in [6.07, 6.45) is 2.29. The van der Waals surface area contributed by atoms with Gasteiger partial charge in [-0.05, 0) is 24.1 Å². The largest absolute Gasteiger partial charge is 0.493 e. The lowest BCUT2D eigenvalue weighted by atomic mass is 10.1. The fourth-order valence-electron chi connectivity index (χ4n) is 1.65. The van der Waals surface area contributed by atoms with Crippen LogP contribution in [0.25, 0.3) is 0 Å². The van der Waals surface area contributed by atoms with E-state index in [2.05, 4.69) is 5.32 Å². The molecule has 120 valence electrons. The lowest BCUT2D eigenvalue weighted by Gasteiger charge is -2.12. The van der Waals surface area contributed by atoms with E-state index in [1.807, 2.05) is 32.0 Å². The molecule has 1 rings (SSSR count). The van der Waals surface area contributed by atoms with E-state index >= 15 is 0 Å². The van der Waals surface area contributed by atoms with E-state index in [4.69, 9.17) is 14.2 Å². The minimum absolute atomic E-state index is 0.584. The molecule has 0 atom stereocenters. The van der Waals surface area contributed by atoms with Crippen LogP contribution in [0.5, 0.6) is 11.5 Å². The standard InChI is InChI=1S/C14H21NO4.C2H6/c1-17-8-3-9-19-14-10-12(6-7-15-11-16)4-5-13(14)18-2;1-2/h4-5,10-11H,3,6-9H2,1-2H3,(H,15,16);1-2H3. The van der Waals surface area contributed by atoms with E-state index < -0.39 is 0 Å². The third kappa shape index (κ3) is 8.19. The predicted molar refractivity (Wildman–Crippen MR) is 84.1 cm³/mol. The first-order valence-electron chi connectivity index (χ1n) is 7.27. The highest BCUT2D eigenvalue weighted by atomic mass is 16.5. The Hall–Kier alpha value is -1.75. The van der Waals surface area contributed by atoms with Crippen molar-refractivity contribution in [2.45, 2.75) is 26.7 Å². The summed E-state index contributed by atoms with van der Waals surface area (Å²) in [5, 5.41) is 2.64. The van der Waals surface area contributed by atoms with E-state index in [1.165, 1.54) is 0 Å². The van der Waals surface area contributed by atoms with Crippen LogP contribution in [0.4, 0.5) is 0 Å². The molecular weight excluding hydrogens is 270 g/mol. The summed E-state index contributed by atoms with van der Waals surface area (Å²) in [4.78, 5) is 10.2. The molecule has 1 amide bonds. The predicted octanol–water partition coefficient (Wildman–Crippen LogP) is 2.43. The summed E-state index contributed by atoms with van der Waals surface area (Å²) in [6, 6.07) is 5.79. The number of hydrogen-bond donors (Lipinski definition) is 1. The first-order valence-corrected chi connectivity index (χ1v) is 7.27. The van der Waals surface area contributed by atoms with Crippen LogP contribution in [0.1, 0.15) is 25.8 Å². The van der Waals surface area contributed by atoms with Gasteiger partial charge in [0, 0.05) is 26.7 Å². The van der Waals surface area contributed by atoms with Crippen molar-refractivity contribution in [2.24, 2.45) is 0 Å². The number of nitrogens with one attached hydrogen (secondary N) is 1. The van der Waals surface area contributed by atoms with Crippen molar-refractivity contribution in [3.8, 4) is 11.5 Å². The van der Waals surface area contributed by atoms with Crippen LogP contribution in [-0.2, 0) is 16.0 Å². The van der Waals surface area contributed by atoms with Crippen molar-refractivity contribution in [1.29, 1.82) is 0 Å². The van der Waals surface area contributed by atoms with Gasteiger partial charge in [0.15, 0.2) is 11.5 Å². The van der Waals surface area contributed by atoms with Gasteiger partial charge in [0.1, 0.15) is 0 Å². The van der Waals surface area contributed by atoms with Crippen LogP contribution >= 0.6 is 0 Å².